The molecule has 6 nitrogen and oxygen atoms in total. The number of nitrogens with zero attached hydrogens (tertiary/aromatic N) is 3. The van der Waals surface area contributed by atoms with E-state index in [0.717, 1.165) is 41.1 Å². The van der Waals surface area contributed by atoms with E-state index in [4.69, 9.17) is 16.0 Å². The molecule has 4 rings (SSSR count). The number of rotatable bonds is 8. The van der Waals surface area contributed by atoms with Gasteiger partial charge in [0, 0.05) is 45.8 Å². The molecular weight excluding hydrogens is 448 g/mol. The predicted octanol–water partition coefficient (Wildman–Crippen LogP) is 6.47. The van der Waals surface area contributed by atoms with Gasteiger partial charge < -0.3 is 14.6 Å². The molecule has 178 valence electrons. The Labute approximate surface area is 205 Å². The quantitative estimate of drug-likeness (QED) is 0.315. The van der Waals surface area contributed by atoms with Crippen LogP contribution in [-0.4, -0.2) is 34.2 Å². The third-order valence-electron chi connectivity index (χ3n) is 6.00. The van der Waals surface area contributed by atoms with Gasteiger partial charge in [0.15, 0.2) is 5.82 Å². The van der Waals surface area contributed by atoms with Gasteiger partial charge in [-0.05, 0) is 56.4 Å². The van der Waals surface area contributed by atoms with E-state index < -0.39 is 0 Å². The molecule has 0 aliphatic carbocycles. The SMILES string of the molecule is CCN(C)Cc1ccc(C(=O)Nc2cc(C)n(Cc3cc(Cl)cc4cc(C(C)C)oc34)n2)cc1. The summed E-state index contributed by atoms with van der Waals surface area (Å²) >= 11 is 6.38. The maximum absolute atomic E-state index is 12.8. The van der Waals surface area contributed by atoms with E-state index in [1.807, 2.05) is 60.1 Å². The van der Waals surface area contributed by atoms with Gasteiger partial charge in [0.2, 0.25) is 0 Å². The van der Waals surface area contributed by atoms with Crippen LogP contribution in [0, 0.1) is 6.92 Å². The fourth-order valence-electron chi connectivity index (χ4n) is 3.87. The summed E-state index contributed by atoms with van der Waals surface area (Å²) in [5, 5.41) is 9.17. The van der Waals surface area contributed by atoms with E-state index in [9.17, 15) is 4.79 Å². The second-order valence-electron chi connectivity index (χ2n) is 9.10. The van der Waals surface area contributed by atoms with Gasteiger partial charge in [0.25, 0.3) is 5.91 Å². The lowest BCUT2D eigenvalue weighted by Crippen LogP contribution is -2.17. The third-order valence-corrected chi connectivity index (χ3v) is 6.22. The summed E-state index contributed by atoms with van der Waals surface area (Å²) in [6, 6.07) is 15.4. The Morgan fingerprint density at radius 2 is 1.91 bits per heavy atom. The van der Waals surface area contributed by atoms with E-state index >= 15 is 0 Å². The molecule has 7 heteroatoms. The number of benzene rings is 2. The number of furan rings is 1. The monoisotopic (exact) mass is 478 g/mol. The highest BCUT2D eigenvalue weighted by Crippen LogP contribution is 2.31. The van der Waals surface area contributed by atoms with Gasteiger partial charge >= 0.3 is 0 Å². The first-order chi connectivity index (χ1) is 16.2. The van der Waals surface area contributed by atoms with Crippen molar-refractivity contribution in [3.05, 3.63) is 81.7 Å². The largest absolute Gasteiger partial charge is 0.460 e. The van der Waals surface area contributed by atoms with Crippen LogP contribution in [0.1, 0.15) is 59.6 Å². The number of aromatic nitrogens is 2. The molecule has 0 unspecified atom stereocenters. The minimum Gasteiger partial charge on any atom is -0.460 e. The normalized spacial score (nSPS) is 11.6. The Kier molecular flexibility index (Phi) is 7.10. The zero-order chi connectivity index (χ0) is 24.4. The molecule has 2 aromatic carbocycles. The van der Waals surface area contributed by atoms with Crippen molar-refractivity contribution in [1.82, 2.24) is 14.7 Å². The van der Waals surface area contributed by atoms with E-state index in [2.05, 4.69) is 43.1 Å². The molecule has 1 N–H and O–H groups in total. The third kappa shape index (κ3) is 5.34. The summed E-state index contributed by atoms with van der Waals surface area (Å²) in [6.07, 6.45) is 0. The lowest BCUT2D eigenvalue weighted by Gasteiger charge is -2.13. The molecule has 0 aliphatic rings. The molecule has 0 aliphatic heterocycles. The maximum atomic E-state index is 12.8. The summed E-state index contributed by atoms with van der Waals surface area (Å²) in [4.78, 5) is 15.0. The van der Waals surface area contributed by atoms with E-state index in [1.54, 1.807) is 0 Å². The van der Waals surface area contributed by atoms with Gasteiger partial charge in [-0.3, -0.25) is 9.48 Å². The smallest absolute Gasteiger partial charge is 0.256 e. The van der Waals surface area contributed by atoms with Gasteiger partial charge in [-0.2, -0.15) is 5.10 Å². The first-order valence-corrected chi connectivity index (χ1v) is 12.0. The standard InChI is InChI=1S/C27H31ClN4O2/c1-6-31(5)15-19-7-9-20(10-8-19)27(33)29-25-11-18(4)32(30-25)16-22-13-23(28)12-21-14-24(17(2)3)34-26(21)22/h7-14,17H,6,15-16H2,1-5H3,(H,29,30,33). The van der Waals surface area contributed by atoms with Crippen LogP contribution in [0.25, 0.3) is 11.0 Å². The van der Waals surface area contributed by atoms with E-state index in [-0.39, 0.29) is 11.8 Å². The molecule has 2 aromatic heterocycles. The van der Waals surface area contributed by atoms with Crippen LogP contribution in [0.15, 0.2) is 52.9 Å². The van der Waals surface area contributed by atoms with Crippen molar-refractivity contribution >= 4 is 34.3 Å². The molecule has 0 saturated carbocycles. The highest BCUT2D eigenvalue weighted by molar-refractivity contribution is 6.31. The summed E-state index contributed by atoms with van der Waals surface area (Å²) in [5.74, 6) is 1.54. The van der Waals surface area contributed by atoms with Gasteiger partial charge in [0.05, 0.1) is 6.54 Å². The maximum Gasteiger partial charge on any atom is 0.256 e. The van der Waals surface area contributed by atoms with Crippen molar-refractivity contribution < 1.29 is 9.21 Å². The first-order valence-electron chi connectivity index (χ1n) is 11.6. The highest BCUT2D eigenvalue weighted by atomic mass is 35.5. The number of aryl methyl sites for hydroxylation is 1. The van der Waals surface area contributed by atoms with Crippen LogP contribution in [0.2, 0.25) is 5.02 Å². The van der Waals surface area contributed by atoms with Crippen molar-refractivity contribution in [1.29, 1.82) is 0 Å². The average Bonchev–Trinajstić information content (AvgIpc) is 3.37. The molecule has 0 atom stereocenters. The molecule has 0 saturated heterocycles. The number of carbonyl (C=O) groups is 1. The Hall–Kier alpha value is -3.09. The number of fused-ring (bicyclic) bond motifs is 1. The topological polar surface area (TPSA) is 63.3 Å². The number of anilines is 1. The lowest BCUT2D eigenvalue weighted by molar-refractivity contribution is 0.102. The van der Waals surface area contributed by atoms with Crippen molar-refractivity contribution in [2.45, 2.75) is 46.7 Å². The number of amides is 1. The number of halogens is 1. The first kappa shape index (κ1) is 24.0. The summed E-state index contributed by atoms with van der Waals surface area (Å²) in [7, 11) is 2.07. The van der Waals surface area contributed by atoms with Crippen LogP contribution < -0.4 is 5.32 Å². The fourth-order valence-corrected chi connectivity index (χ4v) is 4.12. The van der Waals surface area contributed by atoms with Crippen LogP contribution in [-0.2, 0) is 13.1 Å². The zero-order valence-electron chi connectivity index (χ0n) is 20.4. The average molecular weight is 479 g/mol. The molecule has 0 spiro atoms. The Morgan fingerprint density at radius 1 is 1.18 bits per heavy atom. The molecule has 1 amide bonds. The number of hydrogen-bond donors (Lipinski definition) is 1. The molecular formula is C27H31ClN4O2. The molecule has 34 heavy (non-hydrogen) atoms. The van der Waals surface area contributed by atoms with Gasteiger partial charge in [-0.1, -0.05) is 44.5 Å². The van der Waals surface area contributed by atoms with Gasteiger partial charge in [0.1, 0.15) is 11.3 Å². The fraction of sp³-hybridized carbons (Fsp3) is 0.333. The summed E-state index contributed by atoms with van der Waals surface area (Å²) in [6.45, 7) is 10.6. The molecule has 2 heterocycles. The predicted molar refractivity (Wildman–Crippen MR) is 138 cm³/mol. The molecule has 4 aromatic rings. The second-order valence-corrected chi connectivity index (χ2v) is 9.53. The van der Waals surface area contributed by atoms with Crippen molar-refractivity contribution in [2.75, 3.05) is 18.9 Å². The van der Waals surface area contributed by atoms with Crippen LogP contribution in [0.4, 0.5) is 5.82 Å². The Morgan fingerprint density at radius 3 is 2.59 bits per heavy atom. The molecule has 0 radical (unpaired) electrons. The molecule has 0 fully saturated rings. The number of nitrogens with one attached hydrogen (secondary N) is 1. The Bertz CT molecular complexity index is 1300. The minimum absolute atomic E-state index is 0.183. The summed E-state index contributed by atoms with van der Waals surface area (Å²) in [5.41, 5.74) is 4.47. The van der Waals surface area contributed by atoms with Crippen molar-refractivity contribution in [3.8, 4) is 0 Å². The number of carbonyl (C=O) groups excluding carboxylic acids is 1. The van der Waals surface area contributed by atoms with Crippen LogP contribution in [0.5, 0.6) is 0 Å². The lowest BCUT2D eigenvalue weighted by atomic mass is 10.1. The second kappa shape index (κ2) is 10.0. The van der Waals surface area contributed by atoms with Gasteiger partial charge in [-0.25, -0.2) is 0 Å². The van der Waals surface area contributed by atoms with Gasteiger partial charge in [-0.15, -0.1) is 0 Å². The van der Waals surface area contributed by atoms with E-state index in [0.29, 0.717) is 22.9 Å². The van der Waals surface area contributed by atoms with Crippen molar-refractivity contribution in [3.63, 3.8) is 0 Å². The minimum atomic E-state index is -0.183. The summed E-state index contributed by atoms with van der Waals surface area (Å²) < 4.78 is 7.97. The van der Waals surface area contributed by atoms with Crippen molar-refractivity contribution in [2.24, 2.45) is 0 Å². The zero-order valence-corrected chi connectivity index (χ0v) is 21.1. The van der Waals surface area contributed by atoms with Crippen LogP contribution >= 0.6 is 11.6 Å². The highest BCUT2D eigenvalue weighted by Gasteiger charge is 2.15. The van der Waals surface area contributed by atoms with Crippen LogP contribution in [0.3, 0.4) is 0 Å². The molecule has 0 bridgehead atoms. The number of hydrogen-bond acceptors (Lipinski definition) is 4. The Balaban J connectivity index is 1.50. The van der Waals surface area contributed by atoms with E-state index in [1.165, 1.54) is 5.56 Å².